The third kappa shape index (κ3) is 8.60. The summed E-state index contributed by atoms with van der Waals surface area (Å²) in [5.41, 5.74) is 1.22. The number of hydrogen-bond donors (Lipinski definition) is 5. The number of urea groups is 1. The summed E-state index contributed by atoms with van der Waals surface area (Å²) in [6.07, 6.45) is -1.44. The highest BCUT2D eigenvalue weighted by Crippen LogP contribution is 2.21. The van der Waals surface area contributed by atoms with Crippen molar-refractivity contribution < 1.29 is 32.7 Å². The fourth-order valence-corrected chi connectivity index (χ4v) is 5.90. The summed E-state index contributed by atoms with van der Waals surface area (Å²) in [4.78, 5) is 47.8. The molecule has 5 amide bonds. The maximum Gasteiger partial charge on any atom is 0.322 e. The molecule has 0 aliphatic carbocycles. The first-order valence-corrected chi connectivity index (χ1v) is 14.3. The number of carbonyl (C=O) groups is 4. The minimum absolute atomic E-state index is 0.0194. The standard InChI is InChI=1S/C27H35N5O7S/c1-17(2)15-32(40(38,39)21-11-9-20(10-12-21)28-18(3)33)16-24(34)22(13-19-7-5-4-6-8-19)29-26(36)23-14-25(35)31-27(37)30-23/h4-12,17,22-24,34H,13-16H2,1-3H3,(H,28,33)(H,29,36)(H2,30,31,35,37)/t22-,23-,24+/m0/s1. The van der Waals surface area contributed by atoms with Crippen LogP contribution in [-0.4, -0.2) is 72.9 Å². The lowest BCUT2D eigenvalue weighted by molar-refractivity contribution is -0.129. The molecule has 1 heterocycles. The summed E-state index contributed by atoms with van der Waals surface area (Å²) >= 11 is 0. The van der Waals surface area contributed by atoms with Crippen LogP contribution in [0.5, 0.6) is 0 Å². The van der Waals surface area contributed by atoms with Gasteiger partial charge in [0.25, 0.3) is 0 Å². The van der Waals surface area contributed by atoms with Crippen molar-refractivity contribution in [3.63, 3.8) is 0 Å². The Hall–Kier alpha value is -3.81. The van der Waals surface area contributed by atoms with E-state index in [0.717, 1.165) is 9.87 Å². The molecule has 2 aromatic rings. The summed E-state index contributed by atoms with van der Waals surface area (Å²) in [5.74, 6) is -1.66. The van der Waals surface area contributed by atoms with Gasteiger partial charge in [-0.05, 0) is 42.2 Å². The lowest BCUT2D eigenvalue weighted by atomic mass is 10.00. The van der Waals surface area contributed by atoms with Crippen LogP contribution in [0.15, 0.2) is 59.5 Å². The second-order valence-electron chi connectivity index (χ2n) is 10.1. The molecule has 3 rings (SSSR count). The molecule has 5 N–H and O–H groups in total. The van der Waals surface area contributed by atoms with E-state index < -0.39 is 46.1 Å². The molecule has 0 radical (unpaired) electrons. The third-order valence-corrected chi connectivity index (χ3v) is 7.97. The van der Waals surface area contributed by atoms with Crippen LogP contribution in [0.2, 0.25) is 0 Å². The fraction of sp³-hybridized carbons (Fsp3) is 0.407. The van der Waals surface area contributed by atoms with Crippen LogP contribution in [0.4, 0.5) is 10.5 Å². The Kier molecular flexibility index (Phi) is 10.4. The molecule has 0 saturated carbocycles. The van der Waals surface area contributed by atoms with E-state index in [-0.39, 0.29) is 42.7 Å². The molecule has 0 bridgehead atoms. The molecular weight excluding hydrogens is 538 g/mol. The van der Waals surface area contributed by atoms with Gasteiger partial charge in [0, 0.05) is 25.7 Å². The summed E-state index contributed by atoms with van der Waals surface area (Å²) in [6.45, 7) is 4.79. The zero-order valence-corrected chi connectivity index (χ0v) is 23.4. The third-order valence-electron chi connectivity index (χ3n) is 6.13. The van der Waals surface area contributed by atoms with Crippen molar-refractivity contribution in [3.8, 4) is 0 Å². The van der Waals surface area contributed by atoms with Gasteiger partial charge in [-0.25, -0.2) is 13.2 Å². The number of carbonyl (C=O) groups excluding carboxylic acids is 4. The Morgan fingerprint density at radius 3 is 2.27 bits per heavy atom. The van der Waals surface area contributed by atoms with Crippen molar-refractivity contribution in [2.75, 3.05) is 18.4 Å². The predicted octanol–water partition coefficient (Wildman–Crippen LogP) is 0.978. The fourth-order valence-electron chi connectivity index (χ4n) is 4.28. The number of benzene rings is 2. The molecule has 1 aliphatic rings. The van der Waals surface area contributed by atoms with Gasteiger partial charge in [-0.15, -0.1) is 0 Å². The molecule has 1 fully saturated rings. The number of anilines is 1. The van der Waals surface area contributed by atoms with Crippen LogP contribution in [0.3, 0.4) is 0 Å². The largest absolute Gasteiger partial charge is 0.390 e. The van der Waals surface area contributed by atoms with E-state index in [4.69, 9.17) is 0 Å². The van der Waals surface area contributed by atoms with E-state index in [1.165, 1.54) is 31.2 Å². The molecule has 12 nitrogen and oxygen atoms in total. The SMILES string of the molecule is CC(=O)Nc1ccc(S(=O)(=O)N(CC(C)C)C[C@@H](O)[C@H](Cc2ccccc2)NC(=O)[C@@H]2CC(=O)NC(=O)N2)cc1. The van der Waals surface area contributed by atoms with Gasteiger partial charge in [-0.3, -0.25) is 19.7 Å². The summed E-state index contributed by atoms with van der Waals surface area (Å²) in [5, 5.41) is 21.1. The van der Waals surface area contributed by atoms with Gasteiger partial charge < -0.3 is 21.1 Å². The Labute approximate surface area is 233 Å². The van der Waals surface area contributed by atoms with Gasteiger partial charge >= 0.3 is 6.03 Å². The van der Waals surface area contributed by atoms with Gasteiger partial charge in [-0.2, -0.15) is 4.31 Å². The number of nitrogens with zero attached hydrogens (tertiary/aromatic N) is 1. The van der Waals surface area contributed by atoms with Gasteiger partial charge in [0.1, 0.15) is 6.04 Å². The first-order valence-electron chi connectivity index (χ1n) is 12.9. The van der Waals surface area contributed by atoms with E-state index in [1.54, 1.807) is 24.3 Å². The van der Waals surface area contributed by atoms with Crippen LogP contribution in [0.1, 0.15) is 32.8 Å². The normalized spacial score (nSPS) is 17.1. The maximum absolute atomic E-state index is 13.6. The number of sulfonamides is 1. The average Bonchev–Trinajstić information content (AvgIpc) is 2.87. The smallest absolute Gasteiger partial charge is 0.322 e. The number of aliphatic hydroxyl groups is 1. The Bertz CT molecular complexity index is 1300. The lowest BCUT2D eigenvalue weighted by Gasteiger charge is -2.32. The van der Waals surface area contributed by atoms with Gasteiger partial charge in [0.05, 0.1) is 23.5 Å². The van der Waals surface area contributed by atoms with Crippen molar-refractivity contribution >= 4 is 39.5 Å². The number of aliphatic hydroxyl groups excluding tert-OH is 1. The van der Waals surface area contributed by atoms with Crippen LogP contribution >= 0.6 is 0 Å². The summed E-state index contributed by atoms with van der Waals surface area (Å²) in [6, 6.07) is 11.9. The molecule has 1 saturated heterocycles. The van der Waals surface area contributed by atoms with Crippen LogP contribution in [0.25, 0.3) is 0 Å². The Morgan fingerprint density at radius 2 is 1.70 bits per heavy atom. The number of nitrogens with one attached hydrogen (secondary N) is 4. The quantitative estimate of drug-likeness (QED) is 0.252. The minimum atomic E-state index is -4.07. The van der Waals surface area contributed by atoms with Crippen molar-refractivity contribution in [1.82, 2.24) is 20.3 Å². The zero-order chi connectivity index (χ0) is 29.4. The van der Waals surface area contributed by atoms with E-state index in [0.29, 0.717) is 5.69 Å². The minimum Gasteiger partial charge on any atom is -0.390 e. The Balaban J connectivity index is 1.85. The first-order chi connectivity index (χ1) is 18.8. The van der Waals surface area contributed by atoms with Crippen LogP contribution in [-0.2, 0) is 30.8 Å². The van der Waals surface area contributed by atoms with Crippen molar-refractivity contribution in [2.45, 2.75) is 56.7 Å². The number of amides is 5. The van der Waals surface area contributed by atoms with Gasteiger partial charge in [0.15, 0.2) is 0 Å². The molecule has 0 aromatic heterocycles. The second kappa shape index (κ2) is 13.5. The molecular formula is C27H35N5O7S. The summed E-state index contributed by atoms with van der Waals surface area (Å²) in [7, 11) is -4.07. The molecule has 216 valence electrons. The van der Waals surface area contributed by atoms with Crippen molar-refractivity contribution in [3.05, 3.63) is 60.2 Å². The zero-order valence-electron chi connectivity index (χ0n) is 22.6. The molecule has 2 aromatic carbocycles. The number of hydrogen-bond acceptors (Lipinski definition) is 7. The summed E-state index contributed by atoms with van der Waals surface area (Å²) < 4.78 is 28.4. The topological polar surface area (TPSA) is 174 Å². The number of rotatable bonds is 12. The molecule has 0 spiro atoms. The average molecular weight is 574 g/mol. The first kappa shape index (κ1) is 30.7. The molecule has 40 heavy (non-hydrogen) atoms. The maximum atomic E-state index is 13.6. The van der Waals surface area contributed by atoms with Crippen molar-refractivity contribution in [2.24, 2.45) is 5.92 Å². The highest BCUT2D eigenvalue weighted by Gasteiger charge is 2.34. The van der Waals surface area contributed by atoms with E-state index in [1.807, 2.05) is 19.9 Å². The lowest BCUT2D eigenvalue weighted by Crippen LogP contribution is -2.60. The predicted molar refractivity (Wildman–Crippen MR) is 148 cm³/mol. The molecule has 0 unspecified atom stereocenters. The highest BCUT2D eigenvalue weighted by molar-refractivity contribution is 7.89. The Morgan fingerprint density at radius 1 is 1.05 bits per heavy atom. The van der Waals surface area contributed by atoms with Crippen LogP contribution < -0.4 is 21.3 Å². The van der Waals surface area contributed by atoms with E-state index >= 15 is 0 Å². The monoisotopic (exact) mass is 573 g/mol. The molecule has 13 heteroatoms. The highest BCUT2D eigenvalue weighted by atomic mass is 32.2. The van der Waals surface area contributed by atoms with E-state index in [2.05, 4.69) is 21.3 Å². The number of imide groups is 1. The molecule has 1 aliphatic heterocycles. The van der Waals surface area contributed by atoms with Gasteiger partial charge in [-0.1, -0.05) is 44.2 Å². The van der Waals surface area contributed by atoms with E-state index in [9.17, 15) is 32.7 Å². The van der Waals surface area contributed by atoms with Crippen LogP contribution in [0, 0.1) is 5.92 Å². The van der Waals surface area contributed by atoms with Gasteiger partial charge in [0.2, 0.25) is 27.7 Å². The molecule has 3 atom stereocenters. The second-order valence-corrected chi connectivity index (χ2v) is 12.0. The van der Waals surface area contributed by atoms with Crippen molar-refractivity contribution in [1.29, 1.82) is 0 Å².